The zero-order chi connectivity index (χ0) is 14.9. The number of amides is 1. The van der Waals surface area contributed by atoms with Crippen LogP contribution in [0, 0.1) is 0 Å². The molecule has 116 valence electrons. The van der Waals surface area contributed by atoms with Crippen LogP contribution in [0.15, 0.2) is 24.4 Å². The van der Waals surface area contributed by atoms with Crippen LogP contribution in [0.2, 0.25) is 0 Å². The van der Waals surface area contributed by atoms with Crippen LogP contribution in [0.3, 0.4) is 0 Å². The highest BCUT2D eigenvalue weighted by Gasteiger charge is 2.21. The summed E-state index contributed by atoms with van der Waals surface area (Å²) in [7, 11) is 0. The van der Waals surface area contributed by atoms with Gasteiger partial charge in [0.1, 0.15) is 5.82 Å². The van der Waals surface area contributed by atoms with Crippen LogP contribution in [0.25, 0.3) is 0 Å². The topological polar surface area (TPSA) is 36.4 Å². The average Bonchev–Trinajstić information content (AvgIpc) is 2.55. The lowest BCUT2D eigenvalue weighted by Gasteiger charge is -2.35. The summed E-state index contributed by atoms with van der Waals surface area (Å²) < 4.78 is 0. The molecule has 1 amide bonds. The van der Waals surface area contributed by atoms with E-state index >= 15 is 0 Å². The number of rotatable bonds is 7. The van der Waals surface area contributed by atoms with Crippen LogP contribution in [0.1, 0.15) is 45.4 Å². The summed E-state index contributed by atoms with van der Waals surface area (Å²) in [5, 5.41) is 0. The third-order valence-corrected chi connectivity index (χ3v) is 4.10. The van der Waals surface area contributed by atoms with Gasteiger partial charge in [0.05, 0.1) is 0 Å². The van der Waals surface area contributed by atoms with Crippen molar-refractivity contribution >= 4 is 11.7 Å². The van der Waals surface area contributed by atoms with Crippen LogP contribution in [0.5, 0.6) is 0 Å². The molecule has 4 heteroatoms. The predicted octanol–water partition coefficient (Wildman–Crippen LogP) is 3.09. The lowest BCUT2D eigenvalue weighted by molar-refractivity contribution is -0.131. The van der Waals surface area contributed by atoms with Crippen LogP contribution in [-0.2, 0) is 4.79 Å². The first kappa shape index (κ1) is 15.8. The van der Waals surface area contributed by atoms with Crippen molar-refractivity contribution in [2.24, 2.45) is 0 Å². The molecule has 0 unspecified atom stereocenters. The molecule has 1 aliphatic heterocycles. The minimum atomic E-state index is 0.326. The number of carbonyl (C=O) groups excluding carboxylic acids is 1. The molecule has 2 rings (SSSR count). The van der Waals surface area contributed by atoms with Gasteiger partial charge in [-0.1, -0.05) is 38.7 Å². The lowest BCUT2D eigenvalue weighted by Crippen LogP contribution is -2.49. The van der Waals surface area contributed by atoms with Crippen molar-refractivity contribution in [2.75, 3.05) is 31.1 Å². The Morgan fingerprint density at radius 2 is 1.86 bits per heavy atom. The first-order valence-corrected chi connectivity index (χ1v) is 8.25. The van der Waals surface area contributed by atoms with E-state index in [2.05, 4.69) is 16.8 Å². The van der Waals surface area contributed by atoms with Crippen LogP contribution < -0.4 is 4.90 Å². The fourth-order valence-corrected chi connectivity index (χ4v) is 2.76. The maximum atomic E-state index is 12.2. The fourth-order valence-electron chi connectivity index (χ4n) is 2.76. The molecule has 1 saturated heterocycles. The Balaban J connectivity index is 1.67. The Kier molecular flexibility index (Phi) is 6.51. The van der Waals surface area contributed by atoms with E-state index in [0.29, 0.717) is 12.3 Å². The van der Waals surface area contributed by atoms with Gasteiger partial charge in [-0.2, -0.15) is 0 Å². The molecule has 1 aromatic rings. The minimum absolute atomic E-state index is 0.326. The van der Waals surface area contributed by atoms with E-state index in [9.17, 15) is 4.79 Å². The maximum Gasteiger partial charge on any atom is 0.222 e. The number of pyridine rings is 1. The Labute approximate surface area is 128 Å². The van der Waals surface area contributed by atoms with Gasteiger partial charge in [0.2, 0.25) is 5.91 Å². The molecule has 0 saturated carbocycles. The zero-order valence-corrected chi connectivity index (χ0v) is 13.1. The first-order chi connectivity index (χ1) is 10.3. The van der Waals surface area contributed by atoms with Gasteiger partial charge >= 0.3 is 0 Å². The Hall–Kier alpha value is -1.58. The van der Waals surface area contributed by atoms with Crippen LogP contribution >= 0.6 is 0 Å². The molecule has 4 nitrogen and oxygen atoms in total. The van der Waals surface area contributed by atoms with Gasteiger partial charge in [-0.25, -0.2) is 4.98 Å². The van der Waals surface area contributed by atoms with Gasteiger partial charge in [-0.15, -0.1) is 0 Å². The smallest absolute Gasteiger partial charge is 0.222 e. The second-order valence-electron chi connectivity index (χ2n) is 5.72. The molecule has 21 heavy (non-hydrogen) atoms. The van der Waals surface area contributed by atoms with Crippen molar-refractivity contribution < 1.29 is 4.79 Å². The van der Waals surface area contributed by atoms with E-state index in [1.807, 2.05) is 29.3 Å². The second kappa shape index (κ2) is 8.65. The monoisotopic (exact) mass is 289 g/mol. The molecule has 0 bridgehead atoms. The number of piperazine rings is 1. The van der Waals surface area contributed by atoms with E-state index in [1.54, 1.807) is 0 Å². The molecule has 1 aliphatic rings. The second-order valence-corrected chi connectivity index (χ2v) is 5.72. The summed E-state index contributed by atoms with van der Waals surface area (Å²) in [6, 6.07) is 5.98. The number of nitrogens with zero attached hydrogens (tertiary/aromatic N) is 3. The van der Waals surface area contributed by atoms with Crippen molar-refractivity contribution in [3.63, 3.8) is 0 Å². The third kappa shape index (κ3) is 5.03. The summed E-state index contributed by atoms with van der Waals surface area (Å²) in [5.74, 6) is 1.34. The highest BCUT2D eigenvalue weighted by molar-refractivity contribution is 5.76. The third-order valence-electron chi connectivity index (χ3n) is 4.10. The van der Waals surface area contributed by atoms with Gasteiger partial charge in [0.25, 0.3) is 0 Å². The molecule has 0 aromatic carbocycles. The number of hydrogen-bond donors (Lipinski definition) is 0. The molecular weight excluding hydrogens is 262 g/mol. The Morgan fingerprint density at radius 1 is 1.10 bits per heavy atom. The largest absolute Gasteiger partial charge is 0.353 e. The Morgan fingerprint density at radius 3 is 2.52 bits per heavy atom. The fraction of sp³-hybridized carbons (Fsp3) is 0.647. The van der Waals surface area contributed by atoms with Crippen molar-refractivity contribution in [3.8, 4) is 0 Å². The van der Waals surface area contributed by atoms with Gasteiger partial charge in [-0.3, -0.25) is 4.79 Å². The molecule has 0 N–H and O–H groups in total. The van der Waals surface area contributed by atoms with Crippen molar-refractivity contribution in [1.29, 1.82) is 0 Å². The predicted molar refractivity (Wildman–Crippen MR) is 86.4 cm³/mol. The number of aromatic nitrogens is 1. The summed E-state index contributed by atoms with van der Waals surface area (Å²) in [4.78, 5) is 20.8. The summed E-state index contributed by atoms with van der Waals surface area (Å²) in [6.45, 7) is 5.64. The van der Waals surface area contributed by atoms with E-state index in [-0.39, 0.29) is 0 Å². The Bertz CT molecular complexity index is 413. The maximum absolute atomic E-state index is 12.2. The average molecular weight is 289 g/mol. The molecule has 1 aromatic heterocycles. The number of unbranched alkanes of at least 4 members (excludes halogenated alkanes) is 4. The van der Waals surface area contributed by atoms with Gasteiger partial charge in [-0.05, 0) is 18.6 Å². The minimum Gasteiger partial charge on any atom is -0.353 e. The summed E-state index contributed by atoms with van der Waals surface area (Å²) >= 11 is 0. The molecule has 0 radical (unpaired) electrons. The van der Waals surface area contributed by atoms with Gasteiger partial charge in [0.15, 0.2) is 0 Å². The van der Waals surface area contributed by atoms with Crippen LogP contribution in [-0.4, -0.2) is 42.0 Å². The first-order valence-electron chi connectivity index (χ1n) is 8.25. The quantitative estimate of drug-likeness (QED) is 0.724. The molecular formula is C17H27N3O. The number of carbonyl (C=O) groups is 1. The summed E-state index contributed by atoms with van der Waals surface area (Å²) in [5.41, 5.74) is 0. The SMILES string of the molecule is CCCCCCCC(=O)N1CCN(c2ccccn2)CC1. The van der Waals surface area contributed by atoms with E-state index in [0.717, 1.165) is 38.4 Å². The molecule has 0 spiro atoms. The molecule has 2 heterocycles. The van der Waals surface area contributed by atoms with Crippen LogP contribution in [0.4, 0.5) is 5.82 Å². The molecule has 0 atom stereocenters. The van der Waals surface area contributed by atoms with Gasteiger partial charge in [0, 0.05) is 38.8 Å². The normalized spacial score (nSPS) is 15.3. The number of hydrogen-bond acceptors (Lipinski definition) is 3. The van der Waals surface area contributed by atoms with E-state index < -0.39 is 0 Å². The standard InChI is InChI=1S/C17H27N3O/c1-2-3-4-5-6-10-17(21)20-14-12-19(13-15-20)16-9-7-8-11-18-16/h7-9,11H,2-6,10,12-15H2,1H3. The highest BCUT2D eigenvalue weighted by atomic mass is 16.2. The number of anilines is 1. The van der Waals surface area contributed by atoms with Crippen molar-refractivity contribution in [3.05, 3.63) is 24.4 Å². The molecule has 0 aliphatic carbocycles. The summed E-state index contributed by atoms with van der Waals surface area (Å²) in [6.07, 6.45) is 8.57. The molecule has 1 fully saturated rings. The van der Waals surface area contributed by atoms with Crippen molar-refractivity contribution in [2.45, 2.75) is 45.4 Å². The highest BCUT2D eigenvalue weighted by Crippen LogP contribution is 2.14. The van der Waals surface area contributed by atoms with Gasteiger partial charge < -0.3 is 9.80 Å². The lowest BCUT2D eigenvalue weighted by atomic mass is 10.1. The zero-order valence-electron chi connectivity index (χ0n) is 13.1. The van der Waals surface area contributed by atoms with E-state index in [1.165, 1.54) is 25.7 Å². The van der Waals surface area contributed by atoms with Crippen molar-refractivity contribution in [1.82, 2.24) is 9.88 Å². The van der Waals surface area contributed by atoms with E-state index in [4.69, 9.17) is 0 Å².